The van der Waals surface area contributed by atoms with Gasteiger partial charge in [-0.05, 0) is 180 Å². The molecule has 0 bridgehead atoms. The summed E-state index contributed by atoms with van der Waals surface area (Å²) in [4.78, 5) is 88.1. The van der Waals surface area contributed by atoms with E-state index >= 15 is 0 Å². The largest absolute Gasteiger partial charge is 0.451 e. The second kappa shape index (κ2) is 49.4. The monoisotopic (exact) mass is 1930 g/mol. The van der Waals surface area contributed by atoms with Crippen molar-refractivity contribution in [3.05, 3.63) is 449 Å². The molecule has 0 spiro atoms. The van der Waals surface area contributed by atoms with Crippen LogP contribution in [0.25, 0.3) is 108 Å². The van der Waals surface area contributed by atoms with E-state index in [-0.39, 0.29) is 78.4 Å². The fourth-order valence-electron chi connectivity index (χ4n) is 16.6. The average Bonchev–Trinajstić information content (AvgIpc) is 1.57. The van der Waals surface area contributed by atoms with Gasteiger partial charge >= 0.3 is 5.97 Å². The molecule has 5 aliphatic rings. The van der Waals surface area contributed by atoms with Crippen molar-refractivity contribution in [1.29, 1.82) is 58.1 Å². The van der Waals surface area contributed by atoms with E-state index < -0.39 is 61.1 Å². The highest BCUT2D eigenvalue weighted by molar-refractivity contribution is 8.09. The molecule has 0 radical (unpaired) electrons. The summed E-state index contributed by atoms with van der Waals surface area (Å²) in [5, 5.41) is 95.2. The predicted octanol–water partition coefficient (Wildman–Crippen LogP) is 24.3. The summed E-state index contributed by atoms with van der Waals surface area (Å²) in [5.41, 5.74) is 12.2. The van der Waals surface area contributed by atoms with E-state index in [9.17, 15) is 75.0 Å². The van der Waals surface area contributed by atoms with Crippen molar-refractivity contribution in [1.82, 2.24) is 4.90 Å². The van der Waals surface area contributed by atoms with Gasteiger partial charge in [-0.1, -0.05) is 217 Å². The first-order chi connectivity index (χ1) is 69.4. The molecule has 31 nitrogen and oxygen atoms in total. The maximum absolute atomic E-state index is 13.2. The normalized spacial score (nSPS) is 16.1. The molecule has 0 fully saturated rings. The number of ether oxygens (including phenoxy) is 1. The zero-order chi connectivity index (χ0) is 108. The third-order valence-electron chi connectivity index (χ3n) is 22.8. The van der Waals surface area contributed by atoms with Crippen LogP contribution in [0.5, 0.6) is 0 Å². The van der Waals surface area contributed by atoms with Crippen molar-refractivity contribution in [3.63, 3.8) is 0 Å². The van der Waals surface area contributed by atoms with Crippen LogP contribution in [0.3, 0.4) is 0 Å². The van der Waals surface area contributed by atoms with Crippen molar-refractivity contribution in [3.8, 4) is 65.7 Å². The zero-order valence-corrected chi connectivity index (χ0v) is 81.5. The lowest BCUT2D eigenvalue weighted by molar-refractivity contribution is -0.139. The number of carbonyl (C=O) groups is 4. The van der Waals surface area contributed by atoms with Crippen molar-refractivity contribution in [2.45, 2.75) is 76.2 Å². The average molecular weight is 1930 g/mol. The first kappa shape index (κ1) is 111. The molecule has 8 aromatic rings. The van der Waals surface area contributed by atoms with Gasteiger partial charge in [0.05, 0.1) is 140 Å². The maximum Gasteiger partial charge on any atom is 0.339 e. The zero-order valence-electron chi connectivity index (χ0n) is 79.9. The number of carbonyl (C=O) groups excluding carboxylic acids is 4. The van der Waals surface area contributed by atoms with Gasteiger partial charge in [-0.25, -0.2) is 104 Å². The molecule has 0 unspecified atom stereocenters. The number of hydrogen-bond donors (Lipinski definition) is 0. The molecule has 4 aliphatic carbocycles. The molecule has 0 saturated heterocycles. The van der Waals surface area contributed by atoms with Crippen LogP contribution in [0.2, 0.25) is 0 Å². The number of amides is 2. The van der Waals surface area contributed by atoms with Crippen LogP contribution < -0.4 is 4.90 Å². The van der Waals surface area contributed by atoms with Gasteiger partial charge in [0.25, 0.3) is 57.1 Å². The van der Waals surface area contributed by atoms with Gasteiger partial charge in [-0.15, -0.1) is 16.8 Å². The van der Waals surface area contributed by atoms with Gasteiger partial charge < -0.3 is 14.5 Å². The summed E-state index contributed by atoms with van der Waals surface area (Å²) in [7, 11) is -1.94. The summed E-state index contributed by atoms with van der Waals surface area (Å²) in [6.45, 7) is 91.5. The van der Waals surface area contributed by atoms with Gasteiger partial charge in [-0.3, -0.25) is 19.3 Å². The molecule has 8 aromatic carbocycles. The number of nitrogens with zero attached hydrogens (tertiary/aromatic N) is 24. The SMILES string of the molecule is N#N.[C-]#[N+]/C(C#N)=C1\C=C(c2ccccc2)S(=O)(=O)C(c2ccc(C)cc2)=C1.[C-]#[N+]/C(C#N)=C1\c2ccccc2-c2c(C(=O)OCSC)cccc21.[C-]#[N+]/C(C#N)=C1\c2ccccc2/C(=C(/C#N)[N+]#[C-])C1(C)C.[C-]#[N+]/C(C#N)=C1\c2ccccc2/C(=C(/C#N)[N+]#[C-])C1(C)C.[C-]#[N+]/C(C#N)=C1\c2ccccc2/C(=C(/C#N)[N+]#[C-])C1(C)C.[C-]#[N+]C(=Nc1ccc(N(C)CC)cc1C(C)=O)/C(=C(/C#N)[N+]#[C-])N(C(C)=O)C(C)=O. The number of Topliss-reactive ketones (excluding diaryl/α,β-unsaturated/α-hetero) is 1. The summed E-state index contributed by atoms with van der Waals surface area (Å²) in [6.07, 6.45) is 4.66. The van der Waals surface area contributed by atoms with E-state index in [1.807, 2.05) is 237 Å². The molecule has 1 aliphatic heterocycles. The molecule has 698 valence electrons. The fraction of sp³-hybridized carbons (Fsp3) is 0.161. The highest BCUT2D eigenvalue weighted by atomic mass is 32.2. The first-order valence-corrected chi connectivity index (χ1v) is 45.3. The molecule has 13 rings (SSSR count). The standard InChI is InChI=1S/C21H20N6O3.C21H14N2O2S.C19H12N2O2S.3C17H10N4.N2/c1-8-26(7)16-9-10-18(17(11-16)13(2)28)25-21(24-6)20(19(12-22)23-5)27(14(3)29)15(4)30;1-15-8-10-17(11-9-15)21-13-18(19(14-22)23-2)12-20(26(21,24)25)16-6-4-3-5-7-16;1-21-16(10-20)18-13-7-4-3-6-12(13)17-14(18)8-5-9-15(17)19(22)23-11-24-2;3*1-17(2)15(13(9-18)20-3)11-7-5-6-8-12(11)16(17)14(10-19)21-4;1-2/h9-11H,8H2,1-4,7H3;3-13H,1H3;3-9H,11H2,2H3;3*5-8H,1-2H3;/b20-19+,25-21?;19-18+;18-16+;3*15-13+,16-14+;. The number of thioether (sulfide) groups is 1. The second-order valence-electron chi connectivity index (χ2n) is 32.1. The minimum Gasteiger partial charge on any atom is -0.451 e. The number of esters is 1. The second-order valence-corrected chi connectivity index (χ2v) is 34.8. The highest BCUT2D eigenvalue weighted by Crippen LogP contribution is 2.60. The Labute approximate surface area is 844 Å². The van der Waals surface area contributed by atoms with Gasteiger partial charge in [0.15, 0.2) is 11.5 Å². The van der Waals surface area contributed by atoms with E-state index in [0.29, 0.717) is 72.7 Å². The Balaban J connectivity index is 0.000000236. The third kappa shape index (κ3) is 22.8. The Morgan fingerprint density at radius 1 is 0.414 bits per heavy atom. The number of aryl methyl sites for hydroxylation is 1. The molecule has 2 amide bonds. The number of allylic oxidation sites excluding steroid dienone is 18. The van der Waals surface area contributed by atoms with Gasteiger partial charge in [0, 0.05) is 55.0 Å². The lowest BCUT2D eigenvalue weighted by Crippen LogP contribution is -2.36. The van der Waals surface area contributed by atoms with Crippen LogP contribution in [0.4, 0.5) is 11.4 Å². The van der Waals surface area contributed by atoms with Gasteiger partial charge in [-0.2, -0.15) is 0 Å². The molecule has 0 saturated carbocycles. The highest BCUT2D eigenvalue weighted by Gasteiger charge is 2.46. The van der Waals surface area contributed by atoms with E-state index in [0.717, 1.165) is 80.7 Å². The number of amidine groups is 1. The molecular weight excluding hydrogens is 1860 g/mol. The number of anilines is 1. The van der Waals surface area contributed by atoms with Crippen molar-refractivity contribution in [2.24, 2.45) is 21.2 Å². The fourth-order valence-corrected chi connectivity index (χ4v) is 18.5. The van der Waals surface area contributed by atoms with Crippen LogP contribution in [0, 0.1) is 202 Å². The lowest BCUT2D eigenvalue weighted by Gasteiger charge is -2.23. The Hall–Kier alpha value is -21.3. The lowest BCUT2D eigenvalue weighted by atomic mass is 9.79. The third-order valence-corrected chi connectivity index (χ3v) is 25.0. The van der Waals surface area contributed by atoms with Crippen LogP contribution in [-0.4, -0.2) is 68.5 Å². The molecule has 0 atom stereocenters. The number of benzene rings is 8. The minimum absolute atomic E-state index is 0.00437. The number of hydrogen-bond acceptors (Lipinski definition) is 21. The van der Waals surface area contributed by atoms with E-state index in [1.54, 1.807) is 72.8 Å². The molecule has 145 heavy (non-hydrogen) atoms. The Kier molecular flexibility index (Phi) is 37.7. The number of aliphatic imine (C=N–C) groups is 1. The van der Waals surface area contributed by atoms with Crippen LogP contribution >= 0.6 is 11.8 Å². The van der Waals surface area contributed by atoms with Crippen LogP contribution in [-0.2, 0) is 24.2 Å². The number of fused-ring (bicyclic) bond motifs is 6. The minimum atomic E-state index is -3.79. The maximum atomic E-state index is 13.2. The van der Waals surface area contributed by atoms with E-state index in [1.165, 1.54) is 36.9 Å². The van der Waals surface area contributed by atoms with Crippen LogP contribution in [0.1, 0.15) is 151 Å². The number of rotatable bonds is 11. The van der Waals surface area contributed by atoms with E-state index in [4.69, 9.17) is 81.2 Å². The molecule has 1 heterocycles. The summed E-state index contributed by atoms with van der Waals surface area (Å²) < 4.78 is 31.7. The van der Waals surface area contributed by atoms with Crippen molar-refractivity contribution >= 4 is 111 Å². The summed E-state index contributed by atoms with van der Waals surface area (Å²) >= 11 is 1.42. The number of nitriles is 9. The van der Waals surface area contributed by atoms with Crippen molar-refractivity contribution in [2.75, 3.05) is 30.7 Å². The van der Waals surface area contributed by atoms with Crippen LogP contribution in [0.15, 0.2) is 268 Å². The smallest absolute Gasteiger partial charge is 0.339 e. The number of imide groups is 1. The molecule has 0 aromatic heterocycles. The quantitative estimate of drug-likeness (QED) is 0.0170. The Morgan fingerprint density at radius 3 is 1.08 bits per heavy atom. The van der Waals surface area contributed by atoms with Gasteiger partial charge in [0.1, 0.15) is 5.94 Å². The van der Waals surface area contributed by atoms with E-state index in [2.05, 4.69) is 53.4 Å². The number of sulfone groups is 1. The Bertz CT molecular complexity index is 7570. The topological polar surface area (TPSA) is 436 Å². The first-order valence-electron chi connectivity index (χ1n) is 42.4. The summed E-state index contributed by atoms with van der Waals surface area (Å²) in [6, 6.07) is 72.2. The number of ketones is 1. The molecule has 33 heteroatoms. The van der Waals surface area contributed by atoms with Gasteiger partial charge in [0.2, 0.25) is 21.7 Å². The van der Waals surface area contributed by atoms with Crippen molar-refractivity contribution < 1.29 is 32.3 Å². The molecule has 0 N–H and O–H groups in total. The Morgan fingerprint density at radius 2 is 0.759 bits per heavy atom. The molecular formula is C112H76N24O7S2. The predicted molar refractivity (Wildman–Crippen MR) is 546 cm³/mol. The summed E-state index contributed by atoms with van der Waals surface area (Å²) in [5.74, 6) is -2.52.